The number of urea groups is 1. The number of aliphatic hydroxyl groups excluding tert-OH is 1. The van der Waals surface area contributed by atoms with Crippen molar-refractivity contribution in [1.82, 2.24) is 14.7 Å². The molecule has 10 heteroatoms. The molecular weight excluding hydrogens is 498 g/mol. The molecule has 32 heavy (non-hydrogen) atoms. The number of hydrogen-bond acceptors (Lipinski definition) is 5. The molecule has 0 saturated carbocycles. The SMILES string of the molecule is Cn1ncc(Br)c1-c1cc(NC(=O)Nc2ccc(Cl)cc2)ccc1OCCN1CC(O)C1. The van der Waals surface area contributed by atoms with Gasteiger partial charge in [0.15, 0.2) is 0 Å². The molecule has 8 nitrogen and oxygen atoms in total. The van der Waals surface area contributed by atoms with Crippen LogP contribution in [0.25, 0.3) is 11.3 Å². The predicted molar refractivity (Wildman–Crippen MR) is 128 cm³/mol. The zero-order valence-electron chi connectivity index (χ0n) is 17.4. The van der Waals surface area contributed by atoms with Crippen molar-refractivity contribution in [3.05, 3.63) is 58.2 Å². The standard InChI is InChI=1S/C22H23BrClN5O3/c1-28-21(19(23)11-25-28)18-10-16(27-22(31)26-15-4-2-14(24)3-5-15)6-7-20(18)32-9-8-29-12-17(30)13-29/h2-7,10-11,17,30H,8-9,12-13H2,1H3,(H2,26,27,31). The van der Waals surface area contributed by atoms with E-state index in [2.05, 4.69) is 36.6 Å². The van der Waals surface area contributed by atoms with Gasteiger partial charge in [-0.2, -0.15) is 5.10 Å². The average molecular weight is 521 g/mol. The van der Waals surface area contributed by atoms with E-state index in [9.17, 15) is 9.90 Å². The first-order valence-electron chi connectivity index (χ1n) is 10.1. The Morgan fingerprint density at radius 3 is 2.56 bits per heavy atom. The summed E-state index contributed by atoms with van der Waals surface area (Å²) in [6.45, 7) is 2.57. The lowest BCUT2D eigenvalue weighted by Crippen LogP contribution is -2.51. The van der Waals surface area contributed by atoms with Crippen molar-refractivity contribution in [2.75, 3.05) is 36.9 Å². The molecule has 0 aliphatic carbocycles. The minimum absolute atomic E-state index is 0.236. The number of nitrogens with one attached hydrogen (secondary N) is 2. The highest BCUT2D eigenvalue weighted by Gasteiger charge is 2.24. The normalized spacial score (nSPS) is 14.1. The van der Waals surface area contributed by atoms with E-state index in [1.54, 1.807) is 41.2 Å². The van der Waals surface area contributed by atoms with E-state index in [1.807, 2.05) is 19.2 Å². The maximum atomic E-state index is 12.5. The van der Waals surface area contributed by atoms with Crippen LogP contribution >= 0.6 is 27.5 Å². The second-order valence-corrected chi connectivity index (χ2v) is 8.81. The fraction of sp³-hybridized carbons (Fsp3) is 0.273. The van der Waals surface area contributed by atoms with Gasteiger partial charge in [0.25, 0.3) is 0 Å². The molecule has 1 aliphatic rings. The number of carbonyl (C=O) groups excluding carboxylic acids is 1. The summed E-state index contributed by atoms with van der Waals surface area (Å²) in [4.78, 5) is 14.6. The molecule has 1 fully saturated rings. The summed E-state index contributed by atoms with van der Waals surface area (Å²) in [5.74, 6) is 0.680. The highest BCUT2D eigenvalue weighted by atomic mass is 79.9. The van der Waals surface area contributed by atoms with Gasteiger partial charge in [-0.15, -0.1) is 0 Å². The van der Waals surface area contributed by atoms with Gasteiger partial charge in [-0.05, 0) is 58.4 Å². The number of aliphatic hydroxyl groups is 1. The minimum atomic E-state index is -0.368. The van der Waals surface area contributed by atoms with Crippen molar-refractivity contribution in [2.24, 2.45) is 7.05 Å². The molecule has 0 unspecified atom stereocenters. The Hall–Kier alpha value is -2.59. The third-order valence-corrected chi connectivity index (χ3v) is 5.92. The van der Waals surface area contributed by atoms with E-state index >= 15 is 0 Å². The molecule has 0 spiro atoms. The minimum Gasteiger partial charge on any atom is -0.492 e. The smallest absolute Gasteiger partial charge is 0.323 e. The van der Waals surface area contributed by atoms with E-state index in [0.29, 0.717) is 41.8 Å². The number of nitrogens with zero attached hydrogens (tertiary/aromatic N) is 3. The summed E-state index contributed by atoms with van der Waals surface area (Å²) in [6, 6.07) is 12.0. The molecule has 0 atom stereocenters. The Morgan fingerprint density at radius 2 is 1.91 bits per heavy atom. The fourth-order valence-corrected chi connectivity index (χ4v) is 4.16. The number of likely N-dealkylation sites (tertiary alicyclic amines) is 1. The number of aryl methyl sites for hydroxylation is 1. The van der Waals surface area contributed by atoms with Crippen LogP contribution in [0.1, 0.15) is 0 Å². The average Bonchev–Trinajstić information content (AvgIpc) is 3.07. The van der Waals surface area contributed by atoms with Gasteiger partial charge in [0, 0.05) is 48.6 Å². The molecule has 4 rings (SSSR count). The number of halogens is 2. The highest BCUT2D eigenvalue weighted by molar-refractivity contribution is 9.10. The zero-order chi connectivity index (χ0) is 22.7. The van der Waals surface area contributed by atoms with E-state index in [4.69, 9.17) is 16.3 Å². The van der Waals surface area contributed by atoms with Crippen LogP contribution in [0.4, 0.5) is 16.2 Å². The number of rotatable bonds is 7. The molecule has 3 aromatic rings. The van der Waals surface area contributed by atoms with E-state index in [0.717, 1.165) is 22.3 Å². The maximum absolute atomic E-state index is 12.5. The Morgan fingerprint density at radius 1 is 1.22 bits per heavy atom. The van der Waals surface area contributed by atoms with Gasteiger partial charge in [0.05, 0.1) is 22.5 Å². The summed E-state index contributed by atoms with van der Waals surface area (Å²) >= 11 is 9.44. The molecule has 1 aromatic heterocycles. The maximum Gasteiger partial charge on any atom is 0.323 e. The van der Waals surface area contributed by atoms with Crippen molar-refractivity contribution in [2.45, 2.75) is 6.10 Å². The van der Waals surface area contributed by atoms with Gasteiger partial charge in [-0.1, -0.05) is 11.6 Å². The first kappa shape index (κ1) is 22.6. The van der Waals surface area contributed by atoms with Crippen molar-refractivity contribution < 1.29 is 14.6 Å². The summed E-state index contributed by atoms with van der Waals surface area (Å²) in [5.41, 5.74) is 2.88. The predicted octanol–water partition coefficient (Wildman–Crippen LogP) is 4.20. The second-order valence-electron chi connectivity index (χ2n) is 7.52. The molecule has 2 heterocycles. The van der Waals surface area contributed by atoms with Crippen molar-refractivity contribution in [1.29, 1.82) is 0 Å². The number of amides is 2. The van der Waals surface area contributed by atoms with Gasteiger partial charge < -0.3 is 20.5 Å². The third kappa shape index (κ3) is 5.42. The van der Waals surface area contributed by atoms with Gasteiger partial charge in [0.2, 0.25) is 0 Å². The molecule has 0 bridgehead atoms. The van der Waals surface area contributed by atoms with Crippen LogP contribution in [0.5, 0.6) is 5.75 Å². The number of hydrogen-bond donors (Lipinski definition) is 3. The number of ether oxygens (including phenoxy) is 1. The van der Waals surface area contributed by atoms with Gasteiger partial charge in [-0.3, -0.25) is 9.58 Å². The summed E-state index contributed by atoms with van der Waals surface area (Å²) in [5, 5.41) is 20.0. The molecule has 168 valence electrons. The Bertz CT molecular complexity index is 1080. The first-order chi connectivity index (χ1) is 15.4. The van der Waals surface area contributed by atoms with E-state index in [-0.39, 0.29) is 12.1 Å². The van der Waals surface area contributed by atoms with Crippen LogP contribution < -0.4 is 15.4 Å². The highest BCUT2D eigenvalue weighted by Crippen LogP contribution is 2.36. The quantitative estimate of drug-likeness (QED) is 0.434. The lowest BCUT2D eigenvalue weighted by Gasteiger charge is -2.35. The molecule has 2 amide bonds. The monoisotopic (exact) mass is 519 g/mol. The van der Waals surface area contributed by atoms with Gasteiger partial charge >= 0.3 is 6.03 Å². The van der Waals surface area contributed by atoms with Crippen LogP contribution in [0, 0.1) is 0 Å². The molecule has 1 aliphatic heterocycles. The molecule has 1 saturated heterocycles. The molecule has 0 radical (unpaired) electrons. The fourth-order valence-electron chi connectivity index (χ4n) is 3.47. The van der Waals surface area contributed by atoms with Crippen LogP contribution in [0.3, 0.4) is 0 Å². The van der Waals surface area contributed by atoms with Gasteiger partial charge in [-0.25, -0.2) is 4.79 Å². The van der Waals surface area contributed by atoms with E-state index in [1.165, 1.54) is 0 Å². The van der Waals surface area contributed by atoms with Crippen molar-refractivity contribution >= 4 is 44.9 Å². The Balaban J connectivity index is 1.50. The van der Waals surface area contributed by atoms with E-state index < -0.39 is 0 Å². The topological polar surface area (TPSA) is 91.7 Å². The lowest BCUT2D eigenvalue weighted by molar-refractivity contribution is -0.00384. The van der Waals surface area contributed by atoms with Crippen LogP contribution in [-0.2, 0) is 7.05 Å². The van der Waals surface area contributed by atoms with Crippen LogP contribution in [-0.4, -0.2) is 58.2 Å². The summed E-state index contributed by atoms with van der Waals surface area (Å²) in [6.07, 6.45) is 1.48. The largest absolute Gasteiger partial charge is 0.492 e. The summed E-state index contributed by atoms with van der Waals surface area (Å²) in [7, 11) is 1.85. The number of benzene rings is 2. The van der Waals surface area contributed by atoms with Crippen LogP contribution in [0.15, 0.2) is 53.1 Å². The molecule has 2 aromatic carbocycles. The van der Waals surface area contributed by atoms with Crippen molar-refractivity contribution in [3.63, 3.8) is 0 Å². The van der Waals surface area contributed by atoms with Crippen LogP contribution in [0.2, 0.25) is 5.02 Å². The Labute approximate surface area is 199 Å². The summed E-state index contributed by atoms with van der Waals surface area (Å²) < 4.78 is 8.62. The van der Waals surface area contributed by atoms with Crippen molar-refractivity contribution in [3.8, 4) is 17.0 Å². The van der Waals surface area contributed by atoms with Gasteiger partial charge in [0.1, 0.15) is 12.4 Å². The number of aromatic nitrogens is 2. The zero-order valence-corrected chi connectivity index (χ0v) is 19.7. The Kier molecular flexibility index (Phi) is 7.00. The molecular formula is C22H23BrClN5O3. The number of carbonyl (C=O) groups is 1. The second kappa shape index (κ2) is 9.91. The lowest BCUT2D eigenvalue weighted by atomic mass is 10.1. The third-order valence-electron chi connectivity index (χ3n) is 5.09. The number of β-amino-alcohol motifs (C(OH)–C–C–N with tert-alkyl or cyclic N) is 1. The first-order valence-corrected chi connectivity index (χ1v) is 11.2. The number of anilines is 2. The molecule has 3 N–H and O–H groups in total.